The lowest BCUT2D eigenvalue weighted by Gasteiger charge is -2.28. The maximum absolute atomic E-state index is 13.1. The predicted octanol–water partition coefficient (Wildman–Crippen LogP) is -0.664. The molecule has 0 saturated carbocycles. The zero-order valence-corrected chi connectivity index (χ0v) is 51.1. The number of ketones is 1. The van der Waals surface area contributed by atoms with Gasteiger partial charge >= 0.3 is 48.9 Å². The average molecular weight is 1320 g/mol. The molecule has 7 unspecified atom stereocenters. The fraction of sp³-hybridized carbons (Fsp3) is 0.609. The number of aliphatic hydroxyl groups is 1. The maximum Gasteiger partial charge on any atom is 0.330 e. The Morgan fingerprint density at radius 1 is 0.565 bits per heavy atom. The number of aromatic amines is 4. The molecule has 4 aromatic heterocycles. The van der Waals surface area contributed by atoms with E-state index in [1.807, 2.05) is 0 Å². The number of hydrogen-bond donors (Lipinski definition) is 8. The molecule has 4 aliphatic rings. The van der Waals surface area contributed by atoms with Gasteiger partial charge in [-0.05, 0) is 76.9 Å². The minimum atomic E-state index is -4.55. The van der Waals surface area contributed by atoms with Crippen molar-refractivity contribution in [1.29, 1.82) is 1.43 Å². The fourth-order valence-electron chi connectivity index (χ4n) is 9.21. The van der Waals surface area contributed by atoms with Gasteiger partial charge in [-0.3, -0.25) is 62.2 Å². The van der Waals surface area contributed by atoms with Crippen LogP contribution in [0.4, 0.5) is 0 Å². The minimum absolute atomic E-state index is 0.1000. The summed E-state index contributed by atoms with van der Waals surface area (Å²) in [6, 6.07) is 0. The lowest BCUT2D eigenvalue weighted by molar-refractivity contribution is -0.153. The maximum atomic E-state index is 13.1. The lowest BCUT2D eigenvalue weighted by Crippen LogP contribution is -2.33. The number of H-pyrrole nitrogens is 4. The summed E-state index contributed by atoms with van der Waals surface area (Å²) in [7, 11) is 1.29. The third-order valence-corrected chi connectivity index (χ3v) is 18.3. The molecule has 0 radical (unpaired) electrons. The Labute approximate surface area is 497 Å². The molecule has 0 amide bonds. The van der Waals surface area contributed by atoms with Crippen LogP contribution >= 0.6 is 20.2 Å². The van der Waals surface area contributed by atoms with E-state index in [2.05, 4.69) is 25.0 Å². The highest BCUT2D eigenvalue weighted by Gasteiger charge is 2.47. The molecule has 4 aromatic rings. The number of aromatic nitrogens is 8. The van der Waals surface area contributed by atoms with E-state index in [1.165, 1.54) is 66.5 Å². The van der Waals surface area contributed by atoms with Crippen molar-refractivity contribution < 1.29 is 81.6 Å². The second kappa shape index (κ2) is 28.2. The van der Waals surface area contributed by atoms with Crippen LogP contribution in [0, 0.1) is 27.7 Å². The van der Waals surface area contributed by atoms with E-state index >= 15 is 0 Å². The molecule has 85 heavy (non-hydrogen) atoms. The summed E-state index contributed by atoms with van der Waals surface area (Å²) in [4.78, 5) is 168. The molecule has 8 heterocycles. The van der Waals surface area contributed by atoms with E-state index in [4.69, 9.17) is 89.0 Å². The van der Waals surface area contributed by atoms with Crippen LogP contribution in [0.2, 0.25) is 0 Å². The van der Waals surface area contributed by atoms with Gasteiger partial charge in [0.1, 0.15) is 55.1 Å². The van der Waals surface area contributed by atoms with Crippen molar-refractivity contribution in [2.24, 2.45) is 0 Å². The topological polar surface area (TPSA) is 436 Å². The van der Waals surface area contributed by atoms with Crippen molar-refractivity contribution in [3.8, 4) is 0 Å². The van der Waals surface area contributed by atoms with E-state index in [1.54, 1.807) is 0 Å². The van der Waals surface area contributed by atoms with Gasteiger partial charge in [0.2, 0.25) is 1.43 Å². The summed E-state index contributed by atoms with van der Waals surface area (Å²) >= 11 is 16.2. The van der Waals surface area contributed by atoms with Crippen molar-refractivity contribution in [3.05, 3.63) is 130 Å². The molecular formula is C46H63N8O25P3S3. The Bertz CT molecular complexity index is 3840. The molecular weight excluding hydrogens is 1250 g/mol. The average Bonchev–Trinajstić information content (AvgIpc) is 2.06. The SMILES string of the molecule is [2H]C[C@H]1O[C@@H](n2cc(C)c(=O)[nH]c2=O)CC1OP(O)(=S)OC[C@H]1O[C@@H](n2cc(C)c(=O)[nH]c2=O)CC1OP(O)(=S)OC[C@H]1O[C@@H](n2cc(C)c(=O)[nH]c2=O)CC1OP(O)(=S)OC[C@H]1O[C@@H](n2cc(C)c(=O)[nH]c2=O)CC1OC(=O)CCC(C)=O.[3H]OC. The summed E-state index contributed by atoms with van der Waals surface area (Å²) in [5.74, 6) is -1.08. The molecule has 0 spiro atoms. The van der Waals surface area contributed by atoms with Crippen LogP contribution in [0.3, 0.4) is 0 Å². The van der Waals surface area contributed by atoms with Gasteiger partial charge in [-0.1, -0.05) is 0 Å². The number of nitrogens with zero attached hydrogens (tertiary/aromatic N) is 4. The molecule has 0 aliphatic carbocycles. The van der Waals surface area contributed by atoms with Crippen LogP contribution < -0.4 is 45.0 Å². The molecule has 0 aromatic carbocycles. The zero-order chi connectivity index (χ0) is 64.0. The number of esters is 1. The van der Waals surface area contributed by atoms with Crippen LogP contribution in [-0.4, -0.2) is 147 Å². The molecule has 4 aliphatic heterocycles. The number of aliphatic hydroxyl groups excluding tert-OH is 1. The summed E-state index contributed by atoms with van der Waals surface area (Å²) in [5, 5.41) is 3.50. The molecule has 0 bridgehead atoms. The van der Waals surface area contributed by atoms with Gasteiger partial charge in [0.15, 0.2) is 0 Å². The minimum Gasteiger partial charge on any atom is -0.459 e. The predicted molar refractivity (Wildman–Crippen MR) is 304 cm³/mol. The molecule has 4 fully saturated rings. The van der Waals surface area contributed by atoms with Crippen molar-refractivity contribution in [2.45, 2.75) is 154 Å². The van der Waals surface area contributed by atoms with Gasteiger partial charge in [-0.25, -0.2) is 19.2 Å². The lowest BCUT2D eigenvalue weighted by atomic mass is 10.1. The van der Waals surface area contributed by atoms with Gasteiger partial charge in [0, 0.05) is 87.6 Å². The molecule has 8 rings (SSSR count). The van der Waals surface area contributed by atoms with Gasteiger partial charge < -0.3 is 75.4 Å². The second-order valence-corrected chi connectivity index (χ2v) is 28.2. The molecule has 4 saturated heterocycles. The Balaban J connectivity index is 0.00000353. The summed E-state index contributed by atoms with van der Waals surface area (Å²) < 4.78 is 82.8. The number of carbonyl (C=O) groups excluding carboxylic acids is 2. The third-order valence-electron chi connectivity index (χ3n) is 13.5. The van der Waals surface area contributed by atoms with Gasteiger partial charge in [-0.15, -0.1) is 0 Å². The second-order valence-electron chi connectivity index (χ2n) is 19.8. The first-order valence-corrected chi connectivity index (χ1v) is 33.4. The van der Waals surface area contributed by atoms with Crippen LogP contribution in [0.1, 0.15) is 101 Å². The number of hydrogen-bond acceptors (Lipinski definition) is 25. The van der Waals surface area contributed by atoms with E-state index in [9.17, 15) is 62.6 Å². The first-order valence-electron chi connectivity index (χ1n) is 26.8. The Hall–Kier alpha value is -4.75. The highest BCUT2D eigenvalue weighted by atomic mass is 32.5. The van der Waals surface area contributed by atoms with Crippen molar-refractivity contribution in [1.82, 2.24) is 38.2 Å². The Kier molecular flexibility index (Phi) is 21.4. The number of nitrogens with one attached hydrogen (secondary N) is 4. The Morgan fingerprint density at radius 3 is 1.19 bits per heavy atom. The largest absolute Gasteiger partial charge is 0.459 e. The smallest absolute Gasteiger partial charge is 0.330 e. The van der Waals surface area contributed by atoms with Gasteiger partial charge in [-0.2, -0.15) is 0 Å². The van der Waals surface area contributed by atoms with Crippen molar-refractivity contribution in [2.75, 3.05) is 26.9 Å². The number of carbonyl (C=O) groups is 2. The monoisotopic (exact) mass is 1320 g/mol. The molecule has 39 heteroatoms. The van der Waals surface area contributed by atoms with Gasteiger partial charge in [0.05, 0.1) is 50.7 Å². The zero-order valence-electron chi connectivity index (χ0n) is 48.0. The Morgan fingerprint density at radius 2 is 0.859 bits per heavy atom. The van der Waals surface area contributed by atoms with E-state index < -0.39 is 172 Å². The molecule has 15 atom stereocenters. The van der Waals surface area contributed by atoms with Crippen molar-refractivity contribution in [3.63, 3.8) is 0 Å². The first kappa shape index (κ1) is 64.7. The van der Waals surface area contributed by atoms with Gasteiger partial charge in [0.25, 0.3) is 22.2 Å². The molecule has 8 N–H and O–H groups in total. The standard InChI is InChI=1S/C45H59N8O24P3S3.CH4O/c1-20-13-50(42(60)46-38(20)56)33-9-26(25(6)70-33)75-78(64,81)68-18-31-28(11-35(72-31)52-15-22(3)40(58)48-44(52)62)77-80(66,83)69-19-32-29(12-36(73-32)53-16-23(4)41(59)49-45(53)63)76-79(65,82)67-17-30-27(74-37(55)8-7-24(5)54)10-34(71-30)51-14-21(2)39(57)47-43(51)61;1-2/h13-16,25-36H,7-12,17-19H2,1-6H3,(H,64,81)(H,65,82)(H,66,83)(H,46,56,60)(H,47,57,61)(H,48,58,62)(H,49,59,63);2H,1H3/t25-,26?,27?,28?,29?,30-,31-,32-,33-,34-,35-,36-,78?,79?,80?;/m1./s1/i6D;2T. The number of aryl methyl sites for hydroxylation is 4. The quantitative estimate of drug-likeness (QED) is 0.0337. The fourth-order valence-corrected chi connectivity index (χ4v) is 13.6. The van der Waals surface area contributed by atoms with Crippen LogP contribution in [0.5, 0.6) is 0 Å². The van der Waals surface area contributed by atoms with Crippen molar-refractivity contribution >= 4 is 67.3 Å². The molecule has 470 valence electrons. The van der Waals surface area contributed by atoms with E-state index in [0.29, 0.717) is 0 Å². The van der Waals surface area contributed by atoms with E-state index in [0.717, 1.165) is 18.3 Å². The van der Waals surface area contributed by atoms with Crippen LogP contribution in [0.15, 0.2) is 63.1 Å². The highest BCUT2D eigenvalue weighted by Crippen LogP contribution is 2.54. The van der Waals surface area contributed by atoms with Crippen LogP contribution in [-0.2, 0) is 95.8 Å². The number of Topliss-reactive ketones (excluding diaryl/α,β-unsaturated/α-hetero) is 1. The summed E-state index contributed by atoms with van der Waals surface area (Å²) in [5.41, 5.74) is -5.53. The first-order chi connectivity index (χ1) is 40.8. The normalized spacial score (nSPS) is 28.1. The third kappa shape index (κ3) is 17.3. The highest BCUT2D eigenvalue weighted by molar-refractivity contribution is 8.07. The van der Waals surface area contributed by atoms with Crippen LogP contribution in [0.25, 0.3) is 0 Å². The number of rotatable bonds is 23. The summed E-state index contributed by atoms with van der Waals surface area (Å²) in [6.45, 7) is -8.75. The molecule has 33 nitrogen and oxygen atoms in total. The number of ether oxygens (including phenoxy) is 5. The van der Waals surface area contributed by atoms with E-state index in [-0.39, 0.29) is 66.6 Å². The summed E-state index contributed by atoms with van der Waals surface area (Å²) in [6.07, 6.45) is -11.1.